The first-order valence-corrected chi connectivity index (χ1v) is 20.5. The van der Waals surface area contributed by atoms with E-state index in [1.807, 2.05) is 0 Å². The molecular weight excluding hydrogens is 669 g/mol. The highest BCUT2D eigenvalue weighted by Gasteiger charge is 2.33. The van der Waals surface area contributed by atoms with E-state index in [0.29, 0.717) is 56.2 Å². The Balaban J connectivity index is 2.07. The van der Waals surface area contributed by atoms with Crippen LogP contribution in [0.1, 0.15) is 184 Å². The lowest BCUT2D eigenvalue weighted by atomic mass is 9.68. The van der Waals surface area contributed by atoms with Crippen LogP contribution in [0.4, 0.5) is 0 Å². The first-order valence-electron chi connectivity index (χ1n) is 20.5. The zero-order valence-corrected chi connectivity index (χ0v) is 37.8. The second-order valence-corrected chi connectivity index (χ2v) is 22.4. The summed E-state index contributed by atoms with van der Waals surface area (Å²) in [5.74, 6) is 1.43. The summed E-state index contributed by atoms with van der Waals surface area (Å²) in [5.41, 5.74) is 5.01. The van der Waals surface area contributed by atoms with Crippen molar-refractivity contribution in [1.82, 2.24) is 10.6 Å². The van der Waals surface area contributed by atoms with Gasteiger partial charge < -0.3 is 20.8 Å². The van der Waals surface area contributed by atoms with Gasteiger partial charge in [-0.3, -0.25) is 9.59 Å². The van der Waals surface area contributed by atoms with E-state index in [0.717, 1.165) is 46.2 Å². The molecule has 0 radical (unpaired) electrons. The normalized spacial score (nSPS) is 14.5. The highest BCUT2D eigenvalue weighted by Crippen LogP contribution is 2.42. The summed E-state index contributed by atoms with van der Waals surface area (Å²) < 4.78 is 0. The van der Waals surface area contributed by atoms with Gasteiger partial charge in [-0.15, -0.1) is 0 Å². The molecule has 0 saturated heterocycles. The van der Waals surface area contributed by atoms with Crippen LogP contribution in [0.5, 0.6) is 11.5 Å². The van der Waals surface area contributed by atoms with Crippen molar-refractivity contribution in [3.05, 3.63) is 57.6 Å². The third-order valence-electron chi connectivity index (χ3n) is 11.2. The fourth-order valence-electron chi connectivity index (χ4n) is 7.27. The predicted molar refractivity (Wildman–Crippen MR) is 229 cm³/mol. The zero-order valence-electron chi connectivity index (χ0n) is 37.8. The molecule has 0 aromatic heterocycles. The van der Waals surface area contributed by atoms with Crippen molar-refractivity contribution in [2.75, 3.05) is 13.1 Å². The molecule has 2 aromatic rings. The van der Waals surface area contributed by atoms with Crippen molar-refractivity contribution in [2.24, 2.45) is 22.7 Å². The number of nitrogens with one attached hydrogen (secondary N) is 2. The van der Waals surface area contributed by atoms with Gasteiger partial charge >= 0.3 is 0 Å². The number of carbonyl (C=O) groups is 2. The first kappa shape index (κ1) is 47.1. The van der Waals surface area contributed by atoms with Gasteiger partial charge in [0.2, 0.25) is 11.8 Å². The molecule has 0 fully saturated rings. The molecule has 0 spiro atoms. The zero-order chi connectivity index (χ0) is 41.8. The molecule has 0 saturated carbocycles. The monoisotopic (exact) mass is 749 g/mol. The maximum Gasteiger partial charge on any atom is 0.220 e. The van der Waals surface area contributed by atoms with E-state index in [1.165, 1.54) is 0 Å². The summed E-state index contributed by atoms with van der Waals surface area (Å²) in [4.78, 5) is 26.4. The smallest absolute Gasteiger partial charge is 0.220 e. The molecule has 2 rings (SSSR count). The number of hydrogen-bond donors (Lipinski definition) is 4. The lowest BCUT2D eigenvalue weighted by Crippen LogP contribution is -2.39. The van der Waals surface area contributed by atoms with Gasteiger partial charge in [-0.05, 0) is 103 Å². The van der Waals surface area contributed by atoms with Gasteiger partial charge in [0.05, 0.1) is 0 Å². The average Bonchev–Trinajstić information content (AvgIpc) is 2.97. The number of amides is 2. The molecule has 4 N–H and O–H groups in total. The Hall–Kier alpha value is -3.02. The fraction of sp³-hybridized carbons (Fsp3) is 0.708. The van der Waals surface area contributed by atoms with Crippen molar-refractivity contribution in [1.29, 1.82) is 0 Å². The molecule has 6 heteroatoms. The van der Waals surface area contributed by atoms with E-state index in [-0.39, 0.29) is 50.2 Å². The Bertz CT molecular complexity index is 1510. The standard InChI is InChI=1S/C48H80N2O4/c1-43(2,3)33(23-24-49-39(51)21-19-31-25-35(45(7,8)9)41(53)36(26-31)46(10,11)12)29-34(44(4,5)6)30-50-40(52)22-20-32-27-37(47(13,14)15)42(54)38(28-32)48(16,17)18/h25-28,33-34,53-54H,19-24,29-30H2,1-18H3,(H,49,51)(H,50,52). The van der Waals surface area contributed by atoms with Crippen LogP contribution in [0.15, 0.2) is 24.3 Å². The van der Waals surface area contributed by atoms with Crippen molar-refractivity contribution < 1.29 is 19.8 Å². The average molecular weight is 749 g/mol. The van der Waals surface area contributed by atoms with E-state index in [1.54, 1.807) is 0 Å². The number of benzene rings is 2. The SMILES string of the molecule is CC(C)(C)c1cc(CCC(=O)NCCC(CC(CNC(=O)CCc2cc(C(C)(C)C)c(O)c(C(C)(C)C)c2)C(C)(C)C)C(C)(C)C)cc(C(C)(C)C)c1O. The number of aromatic hydroxyl groups is 2. The minimum absolute atomic E-state index is 0.0118. The van der Waals surface area contributed by atoms with Crippen molar-refractivity contribution in [2.45, 2.75) is 185 Å². The topological polar surface area (TPSA) is 98.7 Å². The van der Waals surface area contributed by atoms with Crippen LogP contribution in [0.25, 0.3) is 0 Å². The summed E-state index contributed by atoms with van der Waals surface area (Å²) in [6, 6.07) is 8.28. The van der Waals surface area contributed by atoms with E-state index < -0.39 is 0 Å². The fourth-order valence-corrected chi connectivity index (χ4v) is 7.27. The first-order chi connectivity index (χ1) is 24.2. The van der Waals surface area contributed by atoms with Gasteiger partial charge in [0.25, 0.3) is 0 Å². The number of phenolic OH excluding ortho intramolecular Hbond substituents is 2. The molecule has 2 unspecified atom stereocenters. The molecule has 0 aliphatic carbocycles. The van der Waals surface area contributed by atoms with Gasteiger partial charge in [0.15, 0.2) is 0 Å². The molecule has 6 nitrogen and oxygen atoms in total. The van der Waals surface area contributed by atoms with Gasteiger partial charge in [0, 0.05) is 25.9 Å². The molecule has 2 aromatic carbocycles. The molecule has 306 valence electrons. The highest BCUT2D eigenvalue weighted by molar-refractivity contribution is 5.76. The Morgan fingerprint density at radius 1 is 0.519 bits per heavy atom. The van der Waals surface area contributed by atoms with Crippen LogP contribution in [0.3, 0.4) is 0 Å². The van der Waals surface area contributed by atoms with E-state index in [4.69, 9.17) is 0 Å². The van der Waals surface area contributed by atoms with Crippen LogP contribution in [-0.4, -0.2) is 35.1 Å². The van der Waals surface area contributed by atoms with Gasteiger partial charge in [-0.1, -0.05) is 149 Å². The summed E-state index contributed by atoms with van der Waals surface area (Å²) in [7, 11) is 0. The van der Waals surface area contributed by atoms with Gasteiger partial charge in [-0.2, -0.15) is 0 Å². The number of aryl methyl sites for hydroxylation is 2. The summed E-state index contributed by atoms with van der Waals surface area (Å²) >= 11 is 0. The number of rotatable bonds is 13. The Kier molecular flexibility index (Phi) is 15.2. The van der Waals surface area contributed by atoms with E-state index in [9.17, 15) is 19.8 Å². The lowest BCUT2D eigenvalue weighted by molar-refractivity contribution is -0.122. The van der Waals surface area contributed by atoms with Crippen LogP contribution in [0, 0.1) is 22.7 Å². The molecule has 0 aliphatic heterocycles. The Morgan fingerprint density at radius 3 is 1.13 bits per heavy atom. The van der Waals surface area contributed by atoms with Crippen LogP contribution < -0.4 is 10.6 Å². The third kappa shape index (κ3) is 13.9. The maximum atomic E-state index is 13.3. The van der Waals surface area contributed by atoms with Crippen LogP contribution >= 0.6 is 0 Å². The van der Waals surface area contributed by atoms with Crippen molar-refractivity contribution >= 4 is 11.8 Å². The molecule has 0 heterocycles. The largest absolute Gasteiger partial charge is 0.507 e. The minimum Gasteiger partial charge on any atom is -0.507 e. The molecule has 0 aliphatic rings. The number of phenols is 2. The number of hydrogen-bond acceptors (Lipinski definition) is 4. The summed E-state index contributed by atoms with van der Waals surface area (Å²) in [6.45, 7) is 40.1. The van der Waals surface area contributed by atoms with Crippen molar-refractivity contribution in [3.63, 3.8) is 0 Å². The summed E-state index contributed by atoms with van der Waals surface area (Å²) in [5, 5.41) is 28.7. The second kappa shape index (κ2) is 17.4. The Morgan fingerprint density at radius 2 is 0.833 bits per heavy atom. The summed E-state index contributed by atoms with van der Waals surface area (Å²) in [6.07, 6.45) is 3.84. The van der Waals surface area contributed by atoms with Gasteiger partial charge in [0.1, 0.15) is 11.5 Å². The van der Waals surface area contributed by atoms with Crippen molar-refractivity contribution in [3.8, 4) is 11.5 Å². The quantitative estimate of drug-likeness (QED) is 0.164. The van der Waals surface area contributed by atoms with Crippen LogP contribution in [0.2, 0.25) is 0 Å². The molecule has 2 amide bonds. The molecule has 54 heavy (non-hydrogen) atoms. The van der Waals surface area contributed by atoms with E-state index in [2.05, 4.69) is 160 Å². The predicted octanol–water partition coefficient (Wildman–Crippen LogP) is 11.2. The van der Waals surface area contributed by atoms with E-state index >= 15 is 0 Å². The molecule has 0 bridgehead atoms. The van der Waals surface area contributed by atoms with Gasteiger partial charge in [-0.25, -0.2) is 0 Å². The molecular formula is C48H80N2O4. The molecule has 2 atom stereocenters. The second-order valence-electron chi connectivity index (χ2n) is 22.4. The minimum atomic E-state index is -0.213. The highest BCUT2D eigenvalue weighted by atomic mass is 16.3. The maximum absolute atomic E-state index is 13.3. The lowest BCUT2D eigenvalue weighted by Gasteiger charge is -2.39. The number of carbonyl (C=O) groups excluding carboxylic acids is 2. The third-order valence-corrected chi connectivity index (χ3v) is 11.2. The Labute approximate surface area is 331 Å². The van der Waals surface area contributed by atoms with Crippen LogP contribution in [-0.2, 0) is 44.1 Å².